The lowest BCUT2D eigenvalue weighted by atomic mass is 10.2. The van der Waals surface area contributed by atoms with Crippen molar-refractivity contribution in [3.05, 3.63) is 30.3 Å². The Morgan fingerprint density at radius 2 is 1.64 bits per heavy atom. The van der Waals surface area contributed by atoms with Crippen molar-refractivity contribution in [2.45, 2.75) is 11.4 Å². The van der Waals surface area contributed by atoms with E-state index in [-0.39, 0.29) is 12.5 Å². The smallest absolute Gasteiger partial charge is 0.339 e. The SMILES string of the molecule is COC(=O)[C@H]1CS[C@@H](C(=O)OC)N1C(=O)CN1CCN(c2ccccc2)CC1. The Bertz CT molecular complexity index is 685. The first-order valence-corrected chi connectivity index (χ1v) is 10.2. The van der Waals surface area contributed by atoms with Crippen LogP contribution >= 0.6 is 11.8 Å². The summed E-state index contributed by atoms with van der Waals surface area (Å²) in [5, 5.41) is -0.813. The maximum absolute atomic E-state index is 13.0. The molecule has 152 valence electrons. The number of ether oxygens (including phenoxy) is 2. The predicted octanol–water partition coefficient (Wildman–Crippen LogP) is 0.425. The lowest BCUT2D eigenvalue weighted by Gasteiger charge is -2.37. The average Bonchev–Trinajstić information content (AvgIpc) is 3.19. The van der Waals surface area contributed by atoms with Crippen LogP contribution in [-0.2, 0) is 23.9 Å². The van der Waals surface area contributed by atoms with Gasteiger partial charge in [0.25, 0.3) is 0 Å². The van der Waals surface area contributed by atoms with Gasteiger partial charge in [-0.3, -0.25) is 9.69 Å². The summed E-state index contributed by atoms with van der Waals surface area (Å²) in [5.41, 5.74) is 1.17. The number of hydrogen-bond acceptors (Lipinski definition) is 8. The van der Waals surface area contributed by atoms with E-state index < -0.39 is 23.4 Å². The van der Waals surface area contributed by atoms with Crippen molar-refractivity contribution < 1.29 is 23.9 Å². The molecule has 1 amide bonds. The summed E-state index contributed by atoms with van der Waals surface area (Å²) >= 11 is 1.23. The molecule has 0 aliphatic carbocycles. The molecule has 2 aliphatic heterocycles. The molecule has 1 aromatic carbocycles. The van der Waals surface area contributed by atoms with E-state index in [1.165, 1.54) is 36.6 Å². The van der Waals surface area contributed by atoms with Crippen molar-refractivity contribution in [3.8, 4) is 0 Å². The molecule has 0 aromatic heterocycles. The zero-order valence-electron chi connectivity index (χ0n) is 16.1. The number of anilines is 1. The average molecular weight is 407 g/mol. The molecule has 2 saturated heterocycles. The topological polar surface area (TPSA) is 79.4 Å². The van der Waals surface area contributed by atoms with E-state index in [0.29, 0.717) is 5.75 Å². The molecule has 0 bridgehead atoms. The van der Waals surface area contributed by atoms with Crippen molar-refractivity contribution in [1.82, 2.24) is 9.80 Å². The van der Waals surface area contributed by atoms with Gasteiger partial charge in [-0.15, -0.1) is 11.8 Å². The van der Waals surface area contributed by atoms with E-state index >= 15 is 0 Å². The molecule has 0 N–H and O–H groups in total. The highest BCUT2D eigenvalue weighted by molar-refractivity contribution is 8.00. The fourth-order valence-electron chi connectivity index (χ4n) is 3.49. The van der Waals surface area contributed by atoms with Gasteiger partial charge in [0.15, 0.2) is 5.37 Å². The van der Waals surface area contributed by atoms with Gasteiger partial charge in [-0.1, -0.05) is 18.2 Å². The van der Waals surface area contributed by atoms with Crippen LogP contribution in [-0.4, -0.2) is 91.8 Å². The van der Waals surface area contributed by atoms with Gasteiger partial charge in [-0.05, 0) is 12.1 Å². The molecule has 2 heterocycles. The Kier molecular flexibility index (Phi) is 6.79. The molecular formula is C19H25N3O5S. The Balaban J connectivity index is 1.62. The van der Waals surface area contributed by atoms with Gasteiger partial charge < -0.3 is 19.3 Å². The molecule has 2 fully saturated rings. The number of para-hydroxylation sites is 1. The summed E-state index contributed by atoms with van der Waals surface area (Å²) in [6, 6.07) is 9.39. The minimum Gasteiger partial charge on any atom is -0.467 e. The van der Waals surface area contributed by atoms with Gasteiger partial charge in [0.1, 0.15) is 6.04 Å². The Morgan fingerprint density at radius 1 is 1.00 bits per heavy atom. The quantitative estimate of drug-likeness (QED) is 0.650. The molecule has 8 nitrogen and oxygen atoms in total. The standard InChI is InChI=1S/C19H25N3O5S/c1-26-18(24)15-13-28-17(19(25)27-2)22(15)16(23)12-20-8-10-21(11-9-20)14-6-4-3-5-7-14/h3-7,15,17H,8-13H2,1-2H3/t15-,17+/m1/s1. The van der Waals surface area contributed by atoms with Gasteiger partial charge in [0.2, 0.25) is 5.91 Å². The maximum atomic E-state index is 13.0. The zero-order chi connectivity index (χ0) is 20.1. The Morgan fingerprint density at radius 3 is 2.25 bits per heavy atom. The molecule has 1 aromatic rings. The molecular weight excluding hydrogens is 382 g/mol. The highest BCUT2D eigenvalue weighted by atomic mass is 32.2. The van der Waals surface area contributed by atoms with Crippen molar-refractivity contribution in [2.75, 3.05) is 57.6 Å². The third kappa shape index (κ3) is 4.41. The van der Waals surface area contributed by atoms with Crippen molar-refractivity contribution in [2.24, 2.45) is 0 Å². The van der Waals surface area contributed by atoms with Crippen LogP contribution in [0.5, 0.6) is 0 Å². The monoisotopic (exact) mass is 407 g/mol. The van der Waals surface area contributed by atoms with Crippen LogP contribution in [0.4, 0.5) is 5.69 Å². The normalized spacial score (nSPS) is 22.8. The van der Waals surface area contributed by atoms with E-state index in [2.05, 4.69) is 17.0 Å². The molecule has 2 atom stereocenters. The third-order valence-electron chi connectivity index (χ3n) is 5.02. The van der Waals surface area contributed by atoms with Crippen LogP contribution in [0.2, 0.25) is 0 Å². The van der Waals surface area contributed by atoms with Gasteiger partial charge in [0, 0.05) is 37.6 Å². The van der Waals surface area contributed by atoms with E-state index in [1.54, 1.807) is 0 Å². The molecule has 2 aliphatic rings. The highest BCUT2D eigenvalue weighted by Crippen LogP contribution is 2.31. The van der Waals surface area contributed by atoms with Crippen LogP contribution in [0, 0.1) is 0 Å². The molecule has 0 spiro atoms. The van der Waals surface area contributed by atoms with Crippen LogP contribution in [0.25, 0.3) is 0 Å². The first-order chi connectivity index (χ1) is 13.5. The Hall–Kier alpha value is -2.26. The number of thioether (sulfide) groups is 1. The fourth-order valence-corrected chi connectivity index (χ4v) is 4.81. The number of esters is 2. The van der Waals surface area contributed by atoms with E-state index in [9.17, 15) is 14.4 Å². The highest BCUT2D eigenvalue weighted by Gasteiger charge is 2.46. The molecule has 9 heteroatoms. The van der Waals surface area contributed by atoms with Gasteiger partial charge in [0.05, 0.1) is 20.8 Å². The second-order valence-electron chi connectivity index (χ2n) is 6.65. The number of benzene rings is 1. The first kappa shape index (κ1) is 20.5. The number of methoxy groups -OCH3 is 2. The molecule has 3 rings (SSSR count). The summed E-state index contributed by atoms with van der Waals surface area (Å²) in [6.45, 7) is 3.24. The molecule has 0 saturated carbocycles. The minimum absolute atomic E-state index is 0.157. The van der Waals surface area contributed by atoms with Crippen molar-refractivity contribution >= 4 is 35.3 Å². The largest absolute Gasteiger partial charge is 0.467 e. The lowest BCUT2D eigenvalue weighted by molar-refractivity contribution is -0.157. The zero-order valence-corrected chi connectivity index (χ0v) is 16.9. The number of nitrogens with zero attached hydrogens (tertiary/aromatic N) is 3. The van der Waals surface area contributed by atoms with Crippen molar-refractivity contribution in [1.29, 1.82) is 0 Å². The van der Waals surface area contributed by atoms with Crippen LogP contribution in [0.15, 0.2) is 30.3 Å². The second-order valence-corrected chi connectivity index (χ2v) is 7.76. The van der Waals surface area contributed by atoms with Gasteiger partial charge >= 0.3 is 11.9 Å². The number of carbonyl (C=O) groups is 3. The van der Waals surface area contributed by atoms with E-state index in [4.69, 9.17) is 9.47 Å². The Labute approximate surface area is 168 Å². The van der Waals surface area contributed by atoms with Crippen LogP contribution in [0.1, 0.15) is 0 Å². The number of amides is 1. The number of hydrogen-bond donors (Lipinski definition) is 0. The molecule has 28 heavy (non-hydrogen) atoms. The fraction of sp³-hybridized carbons (Fsp3) is 0.526. The molecule has 0 radical (unpaired) electrons. The maximum Gasteiger partial charge on any atom is 0.339 e. The number of piperazine rings is 1. The number of carbonyl (C=O) groups excluding carboxylic acids is 3. The van der Waals surface area contributed by atoms with Crippen LogP contribution < -0.4 is 4.90 Å². The minimum atomic E-state index is -0.813. The van der Waals surface area contributed by atoms with Crippen molar-refractivity contribution in [3.63, 3.8) is 0 Å². The summed E-state index contributed by atoms with van der Waals surface area (Å²) in [4.78, 5) is 42.8. The van der Waals surface area contributed by atoms with Gasteiger partial charge in [-0.2, -0.15) is 0 Å². The lowest BCUT2D eigenvalue weighted by Crippen LogP contribution is -2.54. The van der Waals surface area contributed by atoms with E-state index in [1.807, 2.05) is 23.1 Å². The summed E-state index contributed by atoms with van der Waals surface area (Å²) < 4.78 is 9.61. The predicted molar refractivity (Wildman–Crippen MR) is 106 cm³/mol. The summed E-state index contributed by atoms with van der Waals surface area (Å²) in [5.74, 6) is -0.983. The third-order valence-corrected chi connectivity index (χ3v) is 6.26. The first-order valence-electron chi connectivity index (χ1n) is 9.16. The second kappa shape index (κ2) is 9.29. The van der Waals surface area contributed by atoms with Crippen LogP contribution in [0.3, 0.4) is 0 Å². The summed E-state index contributed by atoms with van der Waals surface area (Å²) in [7, 11) is 2.56. The van der Waals surface area contributed by atoms with E-state index in [0.717, 1.165) is 26.2 Å². The molecule has 0 unspecified atom stereocenters. The number of rotatable bonds is 5. The van der Waals surface area contributed by atoms with Gasteiger partial charge in [-0.25, -0.2) is 9.59 Å². The summed E-state index contributed by atoms with van der Waals surface area (Å²) in [6.07, 6.45) is 0.